The maximum absolute atomic E-state index is 13.6. The smallest absolute Gasteiger partial charge is 0.244 e. The first-order valence-corrected chi connectivity index (χ1v) is 14.7. The Bertz CT molecular complexity index is 1120. The minimum atomic E-state index is -3.73. The van der Waals surface area contributed by atoms with Crippen LogP contribution in [-0.4, -0.2) is 50.0 Å². The van der Waals surface area contributed by atoms with Gasteiger partial charge in [0.2, 0.25) is 21.8 Å². The van der Waals surface area contributed by atoms with Crippen LogP contribution in [0.4, 0.5) is 5.69 Å². The zero-order valence-corrected chi connectivity index (χ0v) is 22.7. The highest BCUT2D eigenvalue weighted by molar-refractivity contribution is 7.92. The lowest BCUT2D eigenvalue weighted by Gasteiger charge is -2.33. The summed E-state index contributed by atoms with van der Waals surface area (Å²) in [4.78, 5) is 28.3. The van der Waals surface area contributed by atoms with Gasteiger partial charge in [-0.25, -0.2) is 8.42 Å². The van der Waals surface area contributed by atoms with Crippen molar-refractivity contribution < 1.29 is 18.0 Å². The minimum Gasteiger partial charge on any atom is -0.352 e. The molecular weight excluding hydrogens is 474 g/mol. The fourth-order valence-corrected chi connectivity index (χ4v) is 5.40. The Morgan fingerprint density at radius 1 is 0.972 bits per heavy atom. The van der Waals surface area contributed by atoms with Gasteiger partial charge < -0.3 is 10.2 Å². The van der Waals surface area contributed by atoms with E-state index >= 15 is 0 Å². The van der Waals surface area contributed by atoms with Gasteiger partial charge >= 0.3 is 0 Å². The lowest BCUT2D eigenvalue weighted by Crippen LogP contribution is -2.52. The zero-order chi connectivity index (χ0) is 26.3. The van der Waals surface area contributed by atoms with E-state index in [9.17, 15) is 18.0 Å². The standard InChI is InChI=1S/C28H39N3O4S/c1-5-23-15-17-26(18-16-23)31(36(4,34)35)20-27(32)30(19-24-13-11-21(2)12-14-24)22(3)28(33)29-25-9-7-6-8-10-25/h11-18,22,25H,5-10,19-20H2,1-4H3,(H,29,33)/t22-/m0/s1. The third kappa shape index (κ3) is 7.56. The van der Waals surface area contributed by atoms with Crippen molar-refractivity contribution in [3.8, 4) is 0 Å². The average Bonchev–Trinajstić information content (AvgIpc) is 2.86. The molecule has 1 aliphatic carbocycles. The second-order valence-corrected chi connectivity index (χ2v) is 11.7. The molecule has 0 radical (unpaired) electrons. The summed E-state index contributed by atoms with van der Waals surface area (Å²) in [6.07, 6.45) is 7.17. The van der Waals surface area contributed by atoms with Crippen LogP contribution in [0.1, 0.15) is 62.6 Å². The highest BCUT2D eigenvalue weighted by atomic mass is 32.2. The number of carbonyl (C=O) groups excluding carboxylic acids is 2. The summed E-state index contributed by atoms with van der Waals surface area (Å²) in [7, 11) is -3.73. The molecule has 0 saturated heterocycles. The number of rotatable bonds is 10. The summed E-state index contributed by atoms with van der Waals surface area (Å²) in [6, 6.07) is 14.3. The van der Waals surface area contributed by atoms with Gasteiger partial charge in [0.25, 0.3) is 0 Å². The molecule has 1 aliphatic rings. The predicted octanol–water partition coefficient (Wildman–Crippen LogP) is 4.19. The van der Waals surface area contributed by atoms with Crippen molar-refractivity contribution in [1.29, 1.82) is 0 Å². The van der Waals surface area contributed by atoms with Crippen LogP contribution in [0.5, 0.6) is 0 Å². The van der Waals surface area contributed by atoms with Gasteiger partial charge in [0.1, 0.15) is 12.6 Å². The molecule has 1 N–H and O–H groups in total. The number of carbonyl (C=O) groups is 2. The Morgan fingerprint density at radius 3 is 2.11 bits per heavy atom. The van der Waals surface area contributed by atoms with Gasteiger partial charge in [-0.2, -0.15) is 0 Å². The fourth-order valence-electron chi connectivity index (χ4n) is 4.55. The van der Waals surface area contributed by atoms with Crippen LogP contribution < -0.4 is 9.62 Å². The number of benzene rings is 2. The Labute approximate surface area is 215 Å². The van der Waals surface area contributed by atoms with Gasteiger partial charge in [-0.3, -0.25) is 13.9 Å². The number of nitrogens with zero attached hydrogens (tertiary/aromatic N) is 2. The molecule has 196 valence electrons. The van der Waals surface area contributed by atoms with Crippen molar-refractivity contribution in [3.05, 3.63) is 65.2 Å². The Balaban J connectivity index is 1.85. The highest BCUT2D eigenvalue weighted by Gasteiger charge is 2.31. The fraction of sp³-hybridized carbons (Fsp3) is 0.500. The van der Waals surface area contributed by atoms with Gasteiger partial charge in [-0.1, -0.05) is 68.1 Å². The van der Waals surface area contributed by atoms with Crippen molar-refractivity contribution in [2.45, 2.75) is 77.9 Å². The maximum Gasteiger partial charge on any atom is 0.244 e. The molecule has 7 nitrogen and oxygen atoms in total. The third-order valence-corrected chi connectivity index (χ3v) is 8.04. The number of anilines is 1. The molecule has 0 bridgehead atoms. The molecule has 3 rings (SSSR count). The van der Waals surface area contributed by atoms with E-state index in [1.54, 1.807) is 19.1 Å². The van der Waals surface area contributed by atoms with E-state index in [4.69, 9.17) is 0 Å². The largest absolute Gasteiger partial charge is 0.352 e. The summed E-state index contributed by atoms with van der Waals surface area (Å²) in [5, 5.41) is 3.11. The van der Waals surface area contributed by atoms with E-state index in [1.165, 1.54) is 11.3 Å². The number of amides is 2. The van der Waals surface area contributed by atoms with E-state index in [2.05, 4.69) is 5.32 Å². The van der Waals surface area contributed by atoms with E-state index in [0.717, 1.165) is 59.4 Å². The van der Waals surface area contributed by atoms with Gasteiger partial charge in [0, 0.05) is 12.6 Å². The predicted molar refractivity (Wildman–Crippen MR) is 144 cm³/mol. The molecule has 0 heterocycles. The van der Waals surface area contributed by atoms with Crippen LogP contribution in [0.15, 0.2) is 48.5 Å². The Hall–Kier alpha value is -2.87. The van der Waals surface area contributed by atoms with Gasteiger partial charge in [0.15, 0.2) is 0 Å². The summed E-state index contributed by atoms with van der Waals surface area (Å²) in [6.45, 7) is 5.56. The number of nitrogens with one attached hydrogen (secondary N) is 1. The molecule has 0 spiro atoms. The second-order valence-electron chi connectivity index (χ2n) is 9.82. The van der Waals surface area contributed by atoms with Crippen LogP contribution in [0, 0.1) is 6.92 Å². The second kappa shape index (κ2) is 12.4. The Kier molecular flexibility index (Phi) is 9.54. The normalized spacial score (nSPS) is 15.2. The minimum absolute atomic E-state index is 0.120. The number of aryl methyl sites for hydroxylation is 2. The van der Waals surface area contributed by atoms with Crippen LogP contribution in [0.2, 0.25) is 0 Å². The summed E-state index contributed by atoms with van der Waals surface area (Å²) < 4.78 is 26.5. The Morgan fingerprint density at radius 2 is 1.56 bits per heavy atom. The van der Waals surface area contributed by atoms with E-state index in [0.29, 0.717) is 5.69 Å². The molecule has 2 aromatic carbocycles. The third-order valence-electron chi connectivity index (χ3n) is 6.90. The van der Waals surface area contributed by atoms with Crippen LogP contribution in [0.3, 0.4) is 0 Å². The molecule has 36 heavy (non-hydrogen) atoms. The van der Waals surface area contributed by atoms with Crippen LogP contribution >= 0.6 is 0 Å². The lowest BCUT2D eigenvalue weighted by atomic mass is 9.95. The molecule has 2 aromatic rings. The molecule has 1 saturated carbocycles. The molecule has 1 atom stereocenters. The van der Waals surface area contributed by atoms with E-state index in [1.807, 2.05) is 50.2 Å². The van der Waals surface area contributed by atoms with Crippen LogP contribution in [0.25, 0.3) is 0 Å². The van der Waals surface area contributed by atoms with Crippen molar-refractivity contribution in [2.24, 2.45) is 0 Å². The molecule has 0 aliphatic heterocycles. The van der Waals surface area contributed by atoms with Gasteiger partial charge in [-0.05, 0) is 56.4 Å². The SMILES string of the molecule is CCc1ccc(N(CC(=O)N(Cc2ccc(C)cc2)[C@@H](C)C(=O)NC2CCCCC2)S(C)(=O)=O)cc1. The quantitative estimate of drug-likeness (QED) is 0.516. The highest BCUT2D eigenvalue weighted by Crippen LogP contribution is 2.21. The van der Waals surface area contributed by atoms with Crippen molar-refractivity contribution >= 4 is 27.5 Å². The summed E-state index contributed by atoms with van der Waals surface area (Å²) >= 11 is 0. The molecular formula is C28H39N3O4S. The first-order chi connectivity index (χ1) is 17.1. The van der Waals surface area contributed by atoms with Crippen LogP contribution in [-0.2, 0) is 32.6 Å². The average molecular weight is 514 g/mol. The molecule has 8 heteroatoms. The van der Waals surface area contributed by atoms with Crippen molar-refractivity contribution in [3.63, 3.8) is 0 Å². The van der Waals surface area contributed by atoms with Crippen molar-refractivity contribution in [1.82, 2.24) is 10.2 Å². The molecule has 1 fully saturated rings. The number of hydrogen-bond donors (Lipinski definition) is 1. The summed E-state index contributed by atoms with van der Waals surface area (Å²) in [5.41, 5.74) is 3.48. The number of sulfonamides is 1. The topological polar surface area (TPSA) is 86.8 Å². The van der Waals surface area contributed by atoms with E-state index in [-0.39, 0.29) is 25.0 Å². The molecule has 0 unspecified atom stereocenters. The molecule has 2 amide bonds. The number of hydrogen-bond acceptors (Lipinski definition) is 4. The van der Waals surface area contributed by atoms with Gasteiger partial charge in [-0.15, -0.1) is 0 Å². The first kappa shape index (κ1) is 27.7. The lowest BCUT2D eigenvalue weighted by molar-refractivity contribution is -0.139. The van der Waals surface area contributed by atoms with E-state index < -0.39 is 22.0 Å². The summed E-state index contributed by atoms with van der Waals surface area (Å²) in [5.74, 6) is -0.632. The maximum atomic E-state index is 13.6. The zero-order valence-electron chi connectivity index (χ0n) is 21.9. The first-order valence-electron chi connectivity index (χ1n) is 12.8. The molecule has 0 aromatic heterocycles. The van der Waals surface area contributed by atoms with Gasteiger partial charge in [0.05, 0.1) is 11.9 Å². The van der Waals surface area contributed by atoms with Crippen molar-refractivity contribution in [2.75, 3.05) is 17.1 Å². The monoisotopic (exact) mass is 513 g/mol.